The lowest BCUT2D eigenvalue weighted by Crippen LogP contribution is -2.24. The number of amides is 1. The summed E-state index contributed by atoms with van der Waals surface area (Å²) in [5, 5.41) is 2.66. The number of aryl methyl sites for hydroxylation is 1. The molecule has 104 valence electrons. The summed E-state index contributed by atoms with van der Waals surface area (Å²) >= 11 is 0. The minimum atomic E-state index is -0.361. The molecule has 0 spiro atoms. The molecule has 0 aromatic heterocycles. The van der Waals surface area contributed by atoms with Gasteiger partial charge < -0.3 is 5.32 Å². The molecule has 21 heavy (non-hydrogen) atoms. The van der Waals surface area contributed by atoms with E-state index in [1.165, 1.54) is 12.1 Å². The standard InChI is InChI=1S/C17H13FN2O/c1-11-5-7-12(8-6-11)9-15-17(21)20-16(19-15)13-3-2-4-14(18)10-13/h2-10H,1H3,(H,19,20,21)/b15-9+. The van der Waals surface area contributed by atoms with Crippen molar-refractivity contribution in [1.29, 1.82) is 0 Å². The smallest absolute Gasteiger partial charge is 0.275 e. The van der Waals surface area contributed by atoms with Crippen molar-refractivity contribution in [3.8, 4) is 0 Å². The Labute approximate surface area is 121 Å². The van der Waals surface area contributed by atoms with Gasteiger partial charge in [-0.1, -0.05) is 42.0 Å². The van der Waals surface area contributed by atoms with E-state index < -0.39 is 0 Å². The predicted octanol–water partition coefficient (Wildman–Crippen LogP) is 3.05. The van der Waals surface area contributed by atoms with Crippen molar-refractivity contribution in [2.45, 2.75) is 6.92 Å². The Morgan fingerprint density at radius 1 is 1.14 bits per heavy atom. The van der Waals surface area contributed by atoms with Crippen LogP contribution in [0.4, 0.5) is 4.39 Å². The van der Waals surface area contributed by atoms with Gasteiger partial charge in [0.1, 0.15) is 17.3 Å². The first-order valence-corrected chi connectivity index (χ1v) is 6.56. The maximum atomic E-state index is 13.2. The minimum absolute atomic E-state index is 0.283. The van der Waals surface area contributed by atoms with Gasteiger partial charge in [-0.05, 0) is 30.7 Å². The predicted molar refractivity (Wildman–Crippen MR) is 80.2 cm³/mol. The quantitative estimate of drug-likeness (QED) is 0.844. The van der Waals surface area contributed by atoms with Crippen molar-refractivity contribution in [1.82, 2.24) is 5.32 Å². The second-order valence-electron chi connectivity index (χ2n) is 4.87. The number of carbonyl (C=O) groups excluding carboxylic acids is 1. The van der Waals surface area contributed by atoms with Gasteiger partial charge in [-0.2, -0.15) is 0 Å². The molecular formula is C17H13FN2O. The molecule has 3 nitrogen and oxygen atoms in total. The highest BCUT2D eigenvalue weighted by Gasteiger charge is 2.21. The second kappa shape index (κ2) is 5.32. The number of nitrogens with one attached hydrogen (secondary N) is 1. The van der Waals surface area contributed by atoms with Gasteiger partial charge in [-0.3, -0.25) is 4.79 Å². The van der Waals surface area contributed by atoms with Crippen LogP contribution in [0.2, 0.25) is 0 Å². The van der Waals surface area contributed by atoms with E-state index in [9.17, 15) is 9.18 Å². The number of halogens is 1. The monoisotopic (exact) mass is 280 g/mol. The zero-order valence-corrected chi connectivity index (χ0v) is 11.4. The van der Waals surface area contributed by atoms with E-state index in [0.717, 1.165) is 11.1 Å². The molecule has 0 aliphatic carbocycles. The van der Waals surface area contributed by atoms with Crippen LogP contribution in [-0.4, -0.2) is 11.7 Å². The molecule has 0 fully saturated rings. The third-order valence-electron chi connectivity index (χ3n) is 3.18. The first kappa shape index (κ1) is 13.2. The van der Waals surface area contributed by atoms with Crippen LogP contribution in [-0.2, 0) is 4.79 Å². The molecule has 1 heterocycles. The lowest BCUT2D eigenvalue weighted by molar-refractivity contribution is -0.115. The maximum Gasteiger partial charge on any atom is 0.275 e. The Kier molecular flexibility index (Phi) is 3.36. The highest BCUT2D eigenvalue weighted by atomic mass is 19.1. The Hall–Kier alpha value is -2.75. The van der Waals surface area contributed by atoms with E-state index in [1.54, 1.807) is 18.2 Å². The lowest BCUT2D eigenvalue weighted by atomic mass is 10.1. The third kappa shape index (κ3) is 2.89. The molecule has 0 radical (unpaired) electrons. The minimum Gasteiger partial charge on any atom is -0.305 e. The van der Waals surface area contributed by atoms with Crippen molar-refractivity contribution in [2.24, 2.45) is 4.99 Å². The van der Waals surface area contributed by atoms with Gasteiger partial charge in [0, 0.05) is 5.56 Å². The summed E-state index contributed by atoms with van der Waals surface area (Å²) in [4.78, 5) is 16.2. The summed E-state index contributed by atoms with van der Waals surface area (Å²) in [5.74, 6) is -0.270. The van der Waals surface area contributed by atoms with Crippen molar-refractivity contribution in [3.63, 3.8) is 0 Å². The van der Waals surface area contributed by atoms with Crippen molar-refractivity contribution >= 4 is 17.8 Å². The zero-order valence-electron chi connectivity index (χ0n) is 11.4. The number of rotatable bonds is 2. The largest absolute Gasteiger partial charge is 0.305 e. The van der Waals surface area contributed by atoms with E-state index in [1.807, 2.05) is 31.2 Å². The van der Waals surface area contributed by atoms with Gasteiger partial charge in [0.15, 0.2) is 0 Å². The fraction of sp³-hybridized carbons (Fsp3) is 0.0588. The number of carbonyl (C=O) groups is 1. The summed E-state index contributed by atoms with van der Waals surface area (Å²) in [6, 6.07) is 13.8. The Morgan fingerprint density at radius 3 is 2.62 bits per heavy atom. The Bertz CT molecular complexity index is 761. The molecule has 2 aromatic carbocycles. The molecule has 3 rings (SSSR count). The first-order chi connectivity index (χ1) is 10.1. The maximum absolute atomic E-state index is 13.2. The lowest BCUT2D eigenvalue weighted by Gasteiger charge is -1.99. The Morgan fingerprint density at radius 2 is 1.90 bits per heavy atom. The summed E-state index contributed by atoms with van der Waals surface area (Å²) < 4.78 is 13.2. The summed E-state index contributed by atoms with van der Waals surface area (Å²) in [6.45, 7) is 2.00. The zero-order chi connectivity index (χ0) is 14.8. The molecule has 0 saturated heterocycles. The van der Waals surface area contributed by atoms with Crippen molar-refractivity contribution < 1.29 is 9.18 Å². The van der Waals surface area contributed by atoms with Gasteiger partial charge in [-0.15, -0.1) is 0 Å². The first-order valence-electron chi connectivity index (χ1n) is 6.56. The van der Waals surface area contributed by atoms with Gasteiger partial charge in [0.25, 0.3) is 5.91 Å². The fourth-order valence-electron chi connectivity index (χ4n) is 2.06. The third-order valence-corrected chi connectivity index (χ3v) is 3.18. The second-order valence-corrected chi connectivity index (χ2v) is 4.87. The van der Waals surface area contributed by atoms with E-state index in [-0.39, 0.29) is 11.7 Å². The number of amidine groups is 1. The van der Waals surface area contributed by atoms with Crippen LogP contribution >= 0.6 is 0 Å². The molecule has 1 aliphatic heterocycles. The average molecular weight is 280 g/mol. The van der Waals surface area contributed by atoms with Crippen LogP contribution in [0.15, 0.2) is 59.2 Å². The molecule has 1 amide bonds. The molecular weight excluding hydrogens is 267 g/mol. The van der Waals surface area contributed by atoms with Crippen LogP contribution in [0.3, 0.4) is 0 Å². The van der Waals surface area contributed by atoms with Crippen LogP contribution < -0.4 is 5.32 Å². The van der Waals surface area contributed by atoms with Gasteiger partial charge in [-0.25, -0.2) is 9.38 Å². The normalized spacial score (nSPS) is 16.0. The van der Waals surface area contributed by atoms with E-state index in [4.69, 9.17) is 0 Å². The molecule has 0 unspecified atom stereocenters. The number of aliphatic imine (C=N–C) groups is 1. The SMILES string of the molecule is Cc1ccc(/C=C2/N=C(c3cccc(F)c3)NC2=O)cc1. The van der Waals surface area contributed by atoms with Crippen LogP contribution in [0.25, 0.3) is 6.08 Å². The van der Waals surface area contributed by atoms with E-state index in [0.29, 0.717) is 17.1 Å². The molecule has 0 bridgehead atoms. The van der Waals surface area contributed by atoms with Crippen LogP contribution in [0, 0.1) is 12.7 Å². The van der Waals surface area contributed by atoms with E-state index in [2.05, 4.69) is 10.3 Å². The van der Waals surface area contributed by atoms with Crippen molar-refractivity contribution in [3.05, 3.63) is 76.7 Å². The molecule has 0 atom stereocenters. The van der Waals surface area contributed by atoms with E-state index >= 15 is 0 Å². The summed E-state index contributed by atoms with van der Waals surface area (Å²) in [7, 11) is 0. The summed E-state index contributed by atoms with van der Waals surface area (Å²) in [5.41, 5.74) is 2.92. The van der Waals surface area contributed by atoms with Crippen LogP contribution in [0.1, 0.15) is 16.7 Å². The molecule has 1 aliphatic rings. The van der Waals surface area contributed by atoms with Crippen molar-refractivity contribution in [2.75, 3.05) is 0 Å². The Balaban J connectivity index is 1.93. The summed E-state index contributed by atoms with van der Waals surface area (Å²) in [6.07, 6.45) is 1.71. The highest BCUT2D eigenvalue weighted by molar-refractivity contribution is 6.19. The molecule has 0 saturated carbocycles. The number of hydrogen-bond acceptors (Lipinski definition) is 2. The highest BCUT2D eigenvalue weighted by Crippen LogP contribution is 2.16. The molecule has 2 aromatic rings. The number of benzene rings is 2. The van der Waals surface area contributed by atoms with Gasteiger partial charge in [0.05, 0.1) is 0 Å². The fourth-order valence-corrected chi connectivity index (χ4v) is 2.06. The number of nitrogens with zero attached hydrogens (tertiary/aromatic N) is 1. The molecule has 4 heteroatoms. The van der Waals surface area contributed by atoms with Gasteiger partial charge >= 0.3 is 0 Å². The van der Waals surface area contributed by atoms with Crippen LogP contribution in [0.5, 0.6) is 0 Å². The topological polar surface area (TPSA) is 41.5 Å². The molecule has 1 N–H and O–H groups in total. The van der Waals surface area contributed by atoms with Gasteiger partial charge in [0.2, 0.25) is 0 Å². The number of hydrogen-bond donors (Lipinski definition) is 1. The average Bonchev–Trinajstić information content (AvgIpc) is 2.83.